The molecule has 30 heavy (non-hydrogen) atoms. The summed E-state index contributed by atoms with van der Waals surface area (Å²) in [5.74, 6) is 0.263. The minimum absolute atomic E-state index is 0.0136. The summed E-state index contributed by atoms with van der Waals surface area (Å²) in [5, 5.41) is 13.5. The number of aryl methyl sites for hydroxylation is 1. The van der Waals surface area contributed by atoms with Crippen molar-refractivity contribution in [2.45, 2.75) is 26.2 Å². The van der Waals surface area contributed by atoms with Gasteiger partial charge in [-0.2, -0.15) is 0 Å². The molecule has 1 N–H and O–H groups in total. The van der Waals surface area contributed by atoms with Crippen LogP contribution in [-0.2, 0) is 10.2 Å². The van der Waals surface area contributed by atoms with E-state index in [1.165, 1.54) is 23.8 Å². The number of hydrogen-bond donors (Lipinski definition) is 1. The number of anilines is 1. The van der Waals surface area contributed by atoms with Gasteiger partial charge in [-0.05, 0) is 41.8 Å². The van der Waals surface area contributed by atoms with Crippen molar-refractivity contribution in [3.05, 3.63) is 99.6 Å². The molecule has 3 aromatic rings. The molecule has 0 aliphatic rings. The summed E-state index contributed by atoms with van der Waals surface area (Å²) < 4.78 is 5.59. The topological polar surface area (TPSA) is 81.5 Å². The molecule has 0 spiro atoms. The molecule has 0 aromatic heterocycles. The van der Waals surface area contributed by atoms with Crippen LogP contribution < -0.4 is 10.1 Å². The number of nitro groups is 1. The highest BCUT2D eigenvalue weighted by molar-refractivity contribution is 5.92. The molecule has 0 radical (unpaired) electrons. The summed E-state index contributed by atoms with van der Waals surface area (Å²) in [6.45, 7) is 5.88. The number of hydrogen-bond acceptors (Lipinski definition) is 4. The zero-order chi connectivity index (χ0) is 21.7. The number of carbonyl (C=O) groups is 1. The molecule has 3 rings (SSSR count). The lowest BCUT2D eigenvalue weighted by Crippen LogP contribution is -2.21. The third kappa shape index (κ3) is 4.84. The van der Waals surface area contributed by atoms with Gasteiger partial charge in [0.25, 0.3) is 11.6 Å². The largest absolute Gasteiger partial charge is 0.484 e. The van der Waals surface area contributed by atoms with E-state index in [1.807, 2.05) is 42.5 Å². The van der Waals surface area contributed by atoms with Crippen LogP contribution in [0.25, 0.3) is 0 Å². The van der Waals surface area contributed by atoms with Crippen molar-refractivity contribution in [3.8, 4) is 5.75 Å². The van der Waals surface area contributed by atoms with Crippen molar-refractivity contribution in [1.82, 2.24) is 0 Å². The van der Waals surface area contributed by atoms with Gasteiger partial charge in [0, 0.05) is 23.2 Å². The molecule has 0 saturated heterocycles. The molecule has 0 atom stereocenters. The average molecular weight is 404 g/mol. The molecule has 154 valence electrons. The number of benzene rings is 3. The van der Waals surface area contributed by atoms with Gasteiger partial charge in [-0.3, -0.25) is 14.9 Å². The zero-order valence-electron chi connectivity index (χ0n) is 17.2. The van der Waals surface area contributed by atoms with Gasteiger partial charge in [0.1, 0.15) is 5.75 Å². The minimum Gasteiger partial charge on any atom is -0.484 e. The predicted octanol–water partition coefficient (Wildman–Crippen LogP) is 5.25. The number of nitrogens with zero attached hydrogens (tertiary/aromatic N) is 1. The lowest BCUT2D eigenvalue weighted by atomic mass is 9.78. The molecule has 3 aromatic carbocycles. The minimum atomic E-state index is -0.468. The standard InChI is InChI=1S/C24H24N2O4/c1-17-15-20(26(28)29)11-14-22(17)25-23(27)16-30-21-12-9-19(10-13-21)24(2,3)18-7-5-4-6-8-18/h4-15H,16H2,1-3H3,(H,25,27). The van der Waals surface area contributed by atoms with E-state index in [-0.39, 0.29) is 23.6 Å². The first kappa shape index (κ1) is 21.0. The molecule has 6 heteroatoms. The molecule has 0 unspecified atom stereocenters. The maximum Gasteiger partial charge on any atom is 0.269 e. The normalized spacial score (nSPS) is 11.0. The van der Waals surface area contributed by atoms with Crippen LogP contribution in [0.3, 0.4) is 0 Å². The number of nitrogens with one attached hydrogen (secondary N) is 1. The summed E-state index contributed by atoms with van der Waals surface area (Å²) in [6, 6.07) is 22.3. The van der Waals surface area contributed by atoms with E-state index in [0.717, 1.165) is 5.56 Å². The van der Waals surface area contributed by atoms with Crippen LogP contribution in [0, 0.1) is 17.0 Å². The first-order chi connectivity index (χ1) is 14.3. The zero-order valence-corrected chi connectivity index (χ0v) is 17.2. The van der Waals surface area contributed by atoms with Crippen molar-refractivity contribution >= 4 is 17.3 Å². The molecular formula is C24H24N2O4. The van der Waals surface area contributed by atoms with Crippen molar-refractivity contribution in [3.63, 3.8) is 0 Å². The highest BCUT2D eigenvalue weighted by Gasteiger charge is 2.22. The van der Waals surface area contributed by atoms with E-state index in [9.17, 15) is 14.9 Å². The number of nitro benzene ring substituents is 1. The van der Waals surface area contributed by atoms with Gasteiger partial charge in [-0.15, -0.1) is 0 Å². The van der Waals surface area contributed by atoms with Crippen LogP contribution >= 0.6 is 0 Å². The van der Waals surface area contributed by atoms with Gasteiger partial charge in [0.15, 0.2) is 6.61 Å². The van der Waals surface area contributed by atoms with Crippen LogP contribution in [-0.4, -0.2) is 17.4 Å². The second-order valence-corrected chi connectivity index (χ2v) is 7.61. The molecule has 0 saturated carbocycles. The average Bonchev–Trinajstić information content (AvgIpc) is 2.74. The van der Waals surface area contributed by atoms with Crippen LogP contribution in [0.4, 0.5) is 11.4 Å². The van der Waals surface area contributed by atoms with E-state index in [4.69, 9.17) is 4.74 Å². The first-order valence-corrected chi connectivity index (χ1v) is 9.61. The van der Waals surface area contributed by atoms with E-state index in [0.29, 0.717) is 17.0 Å². The van der Waals surface area contributed by atoms with Gasteiger partial charge in [0.2, 0.25) is 0 Å². The van der Waals surface area contributed by atoms with Crippen LogP contribution in [0.1, 0.15) is 30.5 Å². The van der Waals surface area contributed by atoms with Crippen molar-refractivity contribution < 1.29 is 14.5 Å². The summed E-state index contributed by atoms with van der Waals surface area (Å²) in [6.07, 6.45) is 0. The Hall–Kier alpha value is -3.67. The Bertz CT molecular complexity index is 1040. The maximum atomic E-state index is 12.2. The van der Waals surface area contributed by atoms with Crippen molar-refractivity contribution in [1.29, 1.82) is 0 Å². The second-order valence-electron chi connectivity index (χ2n) is 7.61. The first-order valence-electron chi connectivity index (χ1n) is 9.61. The number of ether oxygens (including phenoxy) is 1. The fourth-order valence-electron chi connectivity index (χ4n) is 3.23. The Kier molecular flexibility index (Phi) is 6.16. The van der Waals surface area contributed by atoms with E-state index >= 15 is 0 Å². The highest BCUT2D eigenvalue weighted by Crippen LogP contribution is 2.32. The summed E-state index contributed by atoms with van der Waals surface area (Å²) in [7, 11) is 0. The van der Waals surface area contributed by atoms with E-state index in [2.05, 4.69) is 31.3 Å². The van der Waals surface area contributed by atoms with Gasteiger partial charge in [-0.1, -0.05) is 56.3 Å². The quantitative estimate of drug-likeness (QED) is 0.431. The number of rotatable bonds is 7. The summed E-state index contributed by atoms with van der Waals surface area (Å²) >= 11 is 0. The molecule has 6 nitrogen and oxygen atoms in total. The van der Waals surface area contributed by atoms with Crippen molar-refractivity contribution in [2.24, 2.45) is 0 Å². The van der Waals surface area contributed by atoms with E-state index in [1.54, 1.807) is 6.92 Å². The summed E-state index contributed by atoms with van der Waals surface area (Å²) in [5.41, 5.74) is 3.34. The Morgan fingerprint density at radius 1 is 1.00 bits per heavy atom. The SMILES string of the molecule is Cc1cc([N+](=O)[O-])ccc1NC(=O)COc1ccc(C(C)(C)c2ccccc2)cc1. The highest BCUT2D eigenvalue weighted by atomic mass is 16.6. The van der Waals surface area contributed by atoms with Crippen LogP contribution in [0.15, 0.2) is 72.8 Å². The fraction of sp³-hybridized carbons (Fsp3) is 0.208. The molecule has 0 bridgehead atoms. The molecule has 0 aliphatic heterocycles. The Labute approximate surface area is 175 Å². The molecule has 0 aliphatic carbocycles. The number of carbonyl (C=O) groups excluding carboxylic acids is 1. The Morgan fingerprint density at radius 3 is 2.23 bits per heavy atom. The molecule has 0 fully saturated rings. The molecule has 0 heterocycles. The van der Waals surface area contributed by atoms with Crippen molar-refractivity contribution in [2.75, 3.05) is 11.9 Å². The van der Waals surface area contributed by atoms with Crippen LogP contribution in [0.2, 0.25) is 0 Å². The number of non-ortho nitro benzene ring substituents is 1. The van der Waals surface area contributed by atoms with E-state index < -0.39 is 4.92 Å². The smallest absolute Gasteiger partial charge is 0.269 e. The van der Waals surface area contributed by atoms with Gasteiger partial charge >= 0.3 is 0 Å². The molecule has 1 amide bonds. The molecular weight excluding hydrogens is 380 g/mol. The summed E-state index contributed by atoms with van der Waals surface area (Å²) in [4.78, 5) is 22.5. The number of amides is 1. The predicted molar refractivity (Wildman–Crippen MR) is 117 cm³/mol. The third-order valence-electron chi connectivity index (χ3n) is 5.14. The maximum absolute atomic E-state index is 12.2. The van der Waals surface area contributed by atoms with Gasteiger partial charge in [-0.25, -0.2) is 0 Å². The van der Waals surface area contributed by atoms with Gasteiger partial charge in [0.05, 0.1) is 4.92 Å². The Balaban J connectivity index is 1.60. The third-order valence-corrected chi connectivity index (χ3v) is 5.14. The Morgan fingerprint density at radius 2 is 1.63 bits per heavy atom. The van der Waals surface area contributed by atoms with Crippen LogP contribution in [0.5, 0.6) is 5.75 Å². The fourth-order valence-corrected chi connectivity index (χ4v) is 3.23. The lowest BCUT2D eigenvalue weighted by molar-refractivity contribution is -0.384. The van der Waals surface area contributed by atoms with Gasteiger partial charge < -0.3 is 10.1 Å². The monoisotopic (exact) mass is 404 g/mol. The lowest BCUT2D eigenvalue weighted by Gasteiger charge is -2.26. The second kappa shape index (κ2) is 8.78.